The van der Waals surface area contributed by atoms with Crippen molar-refractivity contribution >= 4 is 19.7 Å². The Labute approximate surface area is 97.5 Å². The summed E-state index contributed by atoms with van der Waals surface area (Å²) in [5.74, 6) is 0. The van der Waals surface area contributed by atoms with E-state index in [4.69, 9.17) is 0 Å². The summed E-state index contributed by atoms with van der Waals surface area (Å²) in [7, 11) is 9.63. The van der Waals surface area contributed by atoms with Crippen LogP contribution < -0.4 is 0 Å². The normalized spacial score (nSPS) is 7.71. The lowest BCUT2D eigenvalue weighted by Crippen LogP contribution is -1.99. The van der Waals surface area contributed by atoms with Gasteiger partial charge >= 0.3 is 0 Å². The average Bonchev–Trinajstić information content (AvgIpc) is 1.85. The van der Waals surface area contributed by atoms with Crippen molar-refractivity contribution in [2.24, 2.45) is 0 Å². The van der Waals surface area contributed by atoms with Gasteiger partial charge in [-0.1, -0.05) is 0 Å². The number of ether oxygens (including phenoxy) is 1. The van der Waals surface area contributed by atoms with Gasteiger partial charge in [0.25, 0.3) is 0 Å². The van der Waals surface area contributed by atoms with Crippen LogP contribution in [0.4, 0.5) is 0 Å². The molecular weight excluding hydrogens is 213 g/mol. The summed E-state index contributed by atoms with van der Waals surface area (Å²) >= 11 is 1.75. The molecule has 0 rings (SSSR count). The number of rotatable bonds is 0. The standard InChI is InChI=1S/C3H9N.C3H9P.C2H6O.C2H6S/c2*1-4(2)3;2*1-3-2/h2*1-3H3;2*1-2H3. The van der Waals surface area contributed by atoms with Crippen molar-refractivity contribution in [3.63, 3.8) is 0 Å². The molecule has 0 saturated carbocycles. The van der Waals surface area contributed by atoms with Crippen LogP contribution in [0.1, 0.15) is 0 Å². The molecule has 92 valence electrons. The minimum Gasteiger partial charge on any atom is -0.388 e. The minimum absolute atomic E-state index is 0.380. The molecule has 0 unspecified atom stereocenters. The molecule has 0 N–H and O–H groups in total. The molecule has 0 radical (unpaired) electrons. The number of hydrogen-bond acceptors (Lipinski definition) is 3. The fraction of sp³-hybridized carbons (Fsp3) is 1.00. The van der Waals surface area contributed by atoms with Gasteiger partial charge in [-0.2, -0.15) is 11.8 Å². The molecule has 0 bridgehead atoms. The predicted molar refractivity (Wildman–Crippen MR) is 76.7 cm³/mol. The summed E-state index contributed by atoms with van der Waals surface area (Å²) in [5.41, 5.74) is 0. The lowest BCUT2D eigenvalue weighted by Gasteiger charge is -1.90. The van der Waals surface area contributed by atoms with Crippen molar-refractivity contribution in [2.75, 3.05) is 67.9 Å². The van der Waals surface area contributed by atoms with E-state index in [1.54, 1.807) is 26.0 Å². The van der Waals surface area contributed by atoms with Crippen LogP contribution in [0.25, 0.3) is 0 Å². The van der Waals surface area contributed by atoms with E-state index in [2.05, 4.69) is 24.7 Å². The molecule has 0 fully saturated rings. The predicted octanol–water partition coefficient (Wildman–Crippen LogP) is 2.78. The Morgan fingerprint density at radius 3 is 0.929 bits per heavy atom. The molecule has 2 nitrogen and oxygen atoms in total. The summed E-state index contributed by atoms with van der Waals surface area (Å²) in [6.07, 6.45) is 4.08. The van der Waals surface area contributed by atoms with Crippen LogP contribution in [0.15, 0.2) is 0 Å². The maximum atomic E-state index is 4.25. The first-order chi connectivity index (χ1) is 6.29. The highest BCUT2D eigenvalue weighted by molar-refractivity contribution is 7.97. The number of nitrogens with zero attached hydrogens (tertiary/aromatic N) is 1. The summed E-state index contributed by atoms with van der Waals surface area (Å²) in [6, 6.07) is 0. The van der Waals surface area contributed by atoms with Gasteiger partial charge in [0.1, 0.15) is 0 Å². The third-order valence-electron chi connectivity index (χ3n) is 0. The average molecular weight is 243 g/mol. The molecular formula is C10H30NOPS. The molecule has 14 heavy (non-hydrogen) atoms. The van der Waals surface area contributed by atoms with Crippen molar-refractivity contribution in [1.29, 1.82) is 0 Å². The smallest absolute Gasteiger partial charge is 0.0351 e. The van der Waals surface area contributed by atoms with Gasteiger partial charge in [-0.15, -0.1) is 7.92 Å². The van der Waals surface area contributed by atoms with E-state index in [-0.39, 0.29) is 0 Å². The molecule has 0 atom stereocenters. The Morgan fingerprint density at radius 1 is 0.929 bits per heavy atom. The van der Waals surface area contributed by atoms with Crippen molar-refractivity contribution in [3.8, 4) is 0 Å². The third kappa shape index (κ3) is 3550. The summed E-state index contributed by atoms with van der Waals surface area (Å²) in [4.78, 5) is 2.00. The molecule has 0 saturated heterocycles. The number of hydrogen-bond donors (Lipinski definition) is 0. The monoisotopic (exact) mass is 243 g/mol. The Bertz CT molecular complexity index is 50.6. The molecule has 0 aliphatic heterocycles. The fourth-order valence-corrected chi connectivity index (χ4v) is 0. The maximum Gasteiger partial charge on any atom is 0.0351 e. The van der Waals surface area contributed by atoms with Crippen LogP contribution >= 0.6 is 19.7 Å². The van der Waals surface area contributed by atoms with Gasteiger partial charge < -0.3 is 9.64 Å². The molecule has 0 aliphatic rings. The van der Waals surface area contributed by atoms with E-state index in [9.17, 15) is 0 Å². The second-order valence-electron chi connectivity index (χ2n) is 3.50. The van der Waals surface area contributed by atoms with Gasteiger partial charge in [0.2, 0.25) is 0 Å². The second kappa shape index (κ2) is 29.2. The zero-order chi connectivity index (χ0) is 12.6. The van der Waals surface area contributed by atoms with E-state index in [1.807, 2.05) is 38.6 Å². The molecule has 4 heteroatoms. The maximum absolute atomic E-state index is 4.25. The first kappa shape index (κ1) is 24.1. The van der Waals surface area contributed by atoms with Crippen molar-refractivity contribution in [1.82, 2.24) is 4.90 Å². The number of thioether (sulfide) groups is 1. The Balaban J connectivity index is -0.0000000482. The van der Waals surface area contributed by atoms with E-state index in [1.165, 1.54) is 0 Å². The SMILES string of the molecule is CN(C)C.COC.CP(C)C.CSC. The highest BCUT2D eigenvalue weighted by Crippen LogP contribution is 2.14. The van der Waals surface area contributed by atoms with Gasteiger partial charge in [0.15, 0.2) is 0 Å². The second-order valence-corrected chi connectivity index (χ2v) is 7.00. The van der Waals surface area contributed by atoms with Crippen LogP contribution in [-0.4, -0.2) is 72.8 Å². The van der Waals surface area contributed by atoms with Crippen molar-refractivity contribution < 1.29 is 4.74 Å². The van der Waals surface area contributed by atoms with Crippen LogP contribution in [0.2, 0.25) is 0 Å². The Hall–Kier alpha value is 0.700. The largest absolute Gasteiger partial charge is 0.388 e. The topological polar surface area (TPSA) is 12.5 Å². The van der Waals surface area contributed by atoms with Crippen LogP contribution in [0, 0.1) is 0 Å². The van der Waals surface area contributed by atoms with E-state index in [0.29, 0.717) is 7.92 Å². The Morgan fingerprint density at radius 2 is 0.929 bits per heavy atom. The van der Waals surface area contributed by atoms with Gasteiger partial charge in [0.05, 0.1) is 0 Å². The summed E-state index contributed by atoms with van der Waals surface area (Å²) < 4.78 is 4.25. The number of methoxy groups -OCH3 is 1. The van der Waals surface area contributed by atoms with Gasteiger partial charge in [0, 0.05) is 14.2 Å². The quantitative estimate of drug-likeness (QED) is 0.607. The first-order valence-electron chi connectivity index (χ1n) is 4.32. The summed E-state index contributed by atoms with van der Waals surface area (Å²) in [5, 5.41) is 0. The zero-order valence-corrected chi connectivity index (χ0v) is 13.4. The van der Waals surface area contributed by atoms with Crippen molar-refractivity contribution in [2.45, 2.75) is 0 Å². The third-order valence-corrected chi connectivity index (χ3v) is 0. The summed E-state index contributed by atoms with van der Waals surface area (Å²) in [6.45, 7) is 6.69. The Kier molecular flexibility index (Phi) is 50.3. The molecule has 0 spiro atoms. The molecule has 0 heterocycles. The van der Waals surface area contributed by atoms with E-state index in [0.717, 1.165) is 0 Å². The molecule has 0 amide bonds. The van der Waals surface area contributed by atoms with Crippen LogP contribution in [0.5, 0.6) is 0 Å². The first-order valence-corrected chi connectivity index (χ1v) is 8.63. The molecule has 0 aromatic carbocycles. The minimum atomic E-state index is 0.380. The zero-order valence-electron chi connectivity index (χ0n) is 11.7. The lowest BCUT2D eigenvalue weighted by atomic mass is 11.0. The fourth-order valence-electron chi connectivity index (χ4n) is 0. The van der Waals surface area contributed by atoms with E-state index < -0.39 is 0 Å². The molecule has 0 aromatic heterocycles. The van der Waals surface area contributed by atoms with Crippen LogP contribution in [0.3, 0.4) is 0 Å². The van der Waals surface area contributed by atoms with Gasteiger partial charge in [-0.05, 0) is 53.6 Å². The van der Waals surface area contributed by atoms with Crippen molar-refractivity contribution in [3.05, 3.63) is 0 Å². The highest BCUT2D eigenvalue weighted by atomic mass is 32.2. The van der Waals surface area contributed by atoms with Crippen LogP contribution in [-0.2, 0) is 4.74 Å². The lowest BCUT2D eigenvalue weighted by molar-refractivity contribution is 0.277. The molecule has 0 aromatic rings. The van der Waals surface area contributed by atoms with Gasteiger partial charge in [-0.25, -0.2) is 0 Å². The van der Waals surface area contributed by atoms with E-state index >= 15 is 0 Å². The molecule has 0 aliphatic carbocycles. The highest BCUT2D eigenvalue weighted by Gasteiger charge is 1.65. The van der Waals surface area contributed by atoms with Gasteiger partial charge in [-0.3, -0.25) is 0 Å².